The van der Waals surface area contributed by atoms with E-state index in [9.17, 15) is 4.79 Å². The van der Waals surface area contributed by atoms with Gasteiger partial charge in [-0.15, -0.1) is 0 Å². The fraction of sp³-hybridized carbons (Fsp3) is 0.923. The van der Waals surface area contributed by atoms with Crippen LogP contribution in [0.5, 0.6) is 0 Å². The molecule has 0 aromatic heterocycles. The Labute approximate surface area is 97.8 Å². The van der Waals surface area contributed by atoms with Crippen molar-refractivity contribution in [3.63, 3.8) is 0 Å². The lowest BCUT2D eigenvalue weighted by molar-refractivity contribution is -0.141. The highest BCUT2D eigenvalue weighted by Crippen LogP contribution is 2.38. The van der Waals surface area contributed by atoms with E-state index in [2.05, 4.69) is 4.90 Å². The first-order valence-corrected chi connectivity index (χ1v) is 6.70. The Kier molecular flexibility index (Phi) is 3.85. The minimum absolute atomic E-state index is 0.00447. The van der Waals surface area contributed by atoms with Crippen LogP contribution < -0.4 is 0 Å². The third-order valence-corrected chi connectivity index (χ3v) is 4.29. The molecule has 92 valence electrons. The molecule has 1 heterocycles. The van der Waals surface area contributed by atoms with Gasteiger partial charge >= 0.3 is 5.97 Å². The van der Waals surface area contributed by atoms with Gasteiger partial charge in [0.05, 0.1) is 6.42 Å². The number of carboxylic acids is 1. The van der Waals surface area contributed by atoms with Gasteiger partial charge in [0, 0.05) is 5.54 Å². The molecule has 2 aliphatic rings. The van der Waals surface area contributed by atoms with Crippen LogP contribution in [0.25, 0.3) is 0 Å². The molecular formula is C13H23NO2. The zero-order valence-electron chi connectivity index (χ0n) is 10.1. The molecule has 0 amide bonds. The summed E-state index contributed by atoms with van der Waals surface area (Å²) in [5, 5.41) is 9.13. The standard InChI is InChI=1S/C13H23NO2/c15-12(16)11-13(7-3-1-4-8-13)14-9-5-2-6-10-14/h1-11H2,(H,15,16). The summed E-state index contributed by atoms with van der Waals surface area (Å²) in [6.45, 7) is 2.24. The molecule has 1 saturated carbocycles. The molecule has 0 unspecified atom stereocenters. The molecular weight excluding hydrogens is 202 g/mol. The van der Waals surface area contributed by atoms with Crippen molar-refractivity contribution < 1.29 is 9.90 Å². The van der Waals surface area contributed by atoms with Gasteiger partial charge in [0.25, 0.3) is 0 Å². The summed E-state index contributed by atoms with van der Waals surface area (Å²) in [5.41, 5.74) is 0.00447. The Bertz CT molecular complexity index is 240. The van der Waals surface area contributed by atoms with Gasteiger partial charge in [-0.05, 0) is 38.8 Å². The van der Waals surface area contributed by atoms with E-state index in [4.69, 9.17) is 5.11 Å². The van der Waals surface area contributed by atoms with Crippen molar-refractivity contribution in [3.05, 3.63) is 0 Å². The van der Waals surface area contributed by atoms with E-state index in [1.165, 1.54) is 38.5 Å². The third kappa shape index (κ3) is 2.57. The molecule has 2 rings (SSSR count). The lowest BCUT2D eigenvalue weighted by Crippen LogP contribution is -2.53. The van der Waals surface area contributed by atoms with Crippen LogP contribution in [-0.4, -0.2) is 34.6 Å². The monoisotopic (exact) mass is 225 g/mol. The van der Waals surface area contributed by atoms with E-state index in [1.807, 2.05) is 0 Å². The lowest BCUT2D eigenvalue weighted by Gasteiger charge is -2.47. The lowest BCUT2D eigenvalue weighted by atomic mass is 9.77. The predicted molar refractivity (Wildman–Crippen MR) is 63.5 cm³/mol. The number of hydrogen-bond acceptors (Lipinski definition) is 2. The summed E-state index contributed by atoms with van der Waals surface area (Å²) >= 11 is 0. The Morgan fingerprint density at radius 3 is 2.12 bits per heavy atom. The van der Waals surface area contributed by atoms with Gasteiger partial charge in [0.1, 0.15) is 0 Å². The molecule has 0 radical (unpaired) electrons. The Hall–Kier alpha value is -0.570. The maximum Gasteiger partial charge on any atom is 0.305 e. The summed E-state index contributed by atoms with van der Waals surface area (Å²) in [6, 6.07) is 0. The zero-order chi connectivity index (χ0) is 11.4. The van der Waals surface area contributed by atoms with Crippen molar-refractivity contribution in [2.24, 2.45) is 0 Å². The second-order valence-corrected chi connectivity index (χ2v) is 5.40. The molecule has 0 aromatic rings. The molecule has 2 fully saturated rings. The number of likely N-dealkylation sites (tertiary alicyclic amines) is 1. The molecule has 0 spiro atoms. The molecule has 3 nitrogen and oxygen atoms in total. The van der Waals surface area contributed by atoms with Crippen LogP contribution in [0.15, 0.2) is 0 Å². The van der Waals surface area contributed by atoms with E-state index in [0.717, 1.165) is 25.9 Å². The van der Waals surface area contributed by atoms with Gasteiger partial charge < -0.3 is 5.11 Å². The third-order valence-electron chi connectivity index (χ3n) is 4.29. The number of hydrogen-bond donors (Lipinski definition) is 1. The number of carbonyl (C=O) groups is 1. The van der Waals surface area contributed by atoms with Crippen molar-refractivity contribution in [2.75, 3.05) is 13.1 Å². The van der Waals surface area contributed by atoms with Gasteiger partial charge in [-0.25, -0.2) is 0 Å². The number of piperidine rings is 1. The Morgan fingerprint density at radius 2 is 1.56 bits per heavy atom. The smallest absolute Gasteiger partial charge is 0.305 e. The number of rotatable bonds is 3. The molecule has 1 saturated heterocycles. The second kappa shape index (κ2) is 5.17. The summed E-state index contributed by atoms with van der Waals surface area (Å²) in [6.07, 6.45) is 10.1. The van der Waals surface area contributed by atoms with Crippen LogP contribution >= 0.6 is 0 Å². The largest absolute Gasteiger partial charge is 0.481 e. The molecule has 1 aliphatic heterocycles. The molecule has 16 heavy (non-hydrogen) atoms. The second-order valence-electron chi connectivity index (χ2n) is 5.40. The molecule has 3 heteroatoms. The predicted octanol–water partition coefficient (Wildman–Crippen LogP) is 2.65. The summed E-state index contributed by atoms with van der Waals surface area (Å²) < 4.78 is 0. The van der Waals surface area contributed by atoms with Gasteiger partial charge in [0.2, 0.25) is 0 Å². The van der Waals surface area contributed by atoms with Crippen molar-refractivity contribution in [3.8, 4) is 0 Å². The zero-order valence-corrected chi connectivity index (χ0v) is 10.1. The fourth-order valence-electron chi connectivity index (χ4n) is 3.46. The van der Waals surface area contributed by atoms with Gasteiger partial charge in [0.15, 0.2) is 0 Å². The quantitative estimate of drug-likeness (QED) is 0.802. The van der Waals surface area contributed by atoms with Gasteiger partial charge in [-0.1, -0.05) is 25.7 Å². The van der Waals surface area contributed by atoms with Gasteiger partial charge in [-0.2, -0.15) is 0 Å². The number of aliphatic carboxylic acids is 1. The average molecular weight is 225 g/mol. The first-order valence-electron chi connectivity index (χ1n) is 6.70. The molecule has 0 atom stereocenters. The van der Waals surface area contributed by atoms with E-state index in [1.54, 1.807) is 0 Å². The Balaban J connectivity index is 2.07. The van der Waals surface area contributed by atoms with Crippen molar-refractivity contribution in [2.45, 2.75) is 63.3 Å². The summed E-state index contributed by atoms with van der Waals surface area (Å²) in [7, 11) is 0. The first-order chi connectivity index (χ1) is 7.73. The van der Waals surface area contributed by atoms with Gasteiger partial charge in [-0.3, -0.25) is 9.69 Å². The normalized spacial score (nSPS) is 26.5. The minimum Gasteiger partial charge on any atom is -0.481 e. The highest BCUT2D eigenvalue weighted by molar-refractivity contribution is 5.68. The number of carboxylic acid groups (broad SMARTS) is 1. The molecule has 1 N–H and O–H groups in total. The molecule has 1 aliphatic carbocycles. The summed E-state index contributed by atoms with van der Waals surface area (Å²) in [5.74, 6) is -0.618. The fourth-order valence-corrected chi connectivity index (χ4v) is 3.46. The van der Waals surface area contributed by atoms with Crippen molar-refractivity contribution in [1.29, 1.82) is 0 Å². The van der Waals surface area contributed by atoms with Crippen LogP contribution in [0, 0.1) is 0 Å². The van der Waals surface area contributed by atoms with E-state index in [-0.39, 0.29) is 5.54 Å². The van der Waals surface area contributed by atoms with Crippen LogP contribution in [0.4, 0.5) is 0 Å². The maximum atomic E-state index is 11.1. The minimum atomic E-state index is -0.618. The molecule has 0 aromatic carbocycles. The molecule has 0 bridgehead atoms. The van der Waals surface area contributed by atoms with E-state index in [0.29, 0.717) is 6.42 Å². The van der Waals surface area contributed by atoms with Crippen LogP contribution in [0.1, 0.15) is 57.8 Å². The topological polar surface area (TPSA) is 40.5 Å². The average Bonchev–Trinajstić information content (AvgIpc) is 2.30. The Morgan fingerprint density at radius 1 is 1.00 bits per heavy atom. The number of nitrogens with zero attached hydrogens (tertiary/aromatic N) is 1. The van der Waals surface area contributed by atoms with Crippen LogP contribution in [0.3, 0.4) is 0 Å². The van der Waals surface area contributed by atoms with E-state index < -0.39 is 5.97 Å². The van der Waals surface area contributed by atoms with E-state index >= 15 is 0 Å². The van der Waals surface area contributed by atoms with Crippen LogP contribution in [-0.2, 0) is 4.79 Å². The highest BCUT2D eigenvalue weighted by Gasteiger charge is 2.39. The highest BCUT2D eigenvalue weighted by atomic mass is 16.4. The maximum absolute atomic E-state index is 11.1. The SMILES string of the molecule is O=C(O)CC1(N2CCCCC2)CCCCC1. The van der Waals surface area contributed by atoms with Crippen LogP contribution in [0.2, 0.25) is 0 Å². The van der Waals surface area contributed by atoms with Crippen molar-refractivity contribution >= 4 is 5.97 Å². The summed E-state index contributed by atoms with van der Waals surface area (Å²) in [4.78, 5) is 13.6. The van der Waals surface area contributed by atoms with Crippen molar-refractivity contribution in [1.82, 2.24) is 4.90 Å². The first kappa shape index (κ1) is 11.9.